The van der Waals surface area contributed by atoms with Crippen LogP contribution in [0.2, 0.25) is 0 Å². The molecule has 6 heteroatoms. The average Bonchev–Trinajstić information content (AvgIpc) is 2.76. The molecule has 1 amide bonds. The molecule has 0 atom stereocenters. The first-order chi connectivity index (χ1) is 8.15. The van der Waals surface area contributed by atoms with Crippen LogP contribution in [0.15, 0.2) is 30.7 Å². The molecule has 2 rings (SSSR count). The van der Waals surface area contributed by atoms with E-state index in [1.807, 2.05) is 0 Å². The number of nitrogens with one attached hydrogen (secondary N) is 2. The average molecular weight is 237 g/mol. The Morgan fingerprint density at radius 1 is 1.35 bits per heavy atom. The maximum absolute atomic E-state index is 12.9. The third-order valence-electron chi connectivity index (χ3n) is 2.11. The lowest BCUT2D eigenvalue weighted by Crippen LogP contribution is -2.14. The highest BCUT2D eigenvalue weighted by atomic mass is 19.2. The third-order valence-corrected chi connectivity index (χ3v) is 2.11. The number of rotatable bonds is 3. The van der Waals surface area contributed by atoms with Crippen LogP contribution in [0.5, 0.6) is 0 Å². The Hall–Kier alpha value is -2.24. The number of hydrogen-bond acceptors (Lipinski definition) is 2. The second-order valence-corrected chi connectivity index (χ2v) is 3.43. The van der Waals surface area contributed by atoms with Gasteiger partial charge in [-0.25, -0.2) is 13.8 Å². The highest BCUT2D eigenvalue weighted by Gasteiger charge is 2.07. The van der Waals surface area contributed by atoms with Crippen LogP contribution in [-0.4, -0.2) is 15.9 Å². The van der Waals surface area contributed by atoms with E-state index in [4.69, 9.17) is 0 Å². The molecule has 1 aromatic heterocycles. The Bertz CT molecular complexity index is 526. The monoisotopic (exact) mass is 237 g/mol. The molecule has 17 heavy (non-hydrogen) atoms. The minimum absolute atomic E-state index is 0.0962. The molecule has 0 unspecified atom stereocenters. The predicted molar refractivity (Wildman–Crippen MR) is 57.3 cm³/mol. The van der Waals surface area contributed by atoms with Crippen LogP contribution < -0.4 is 5.32 Å². The number of H-pyrrole nitrogens is 1. The van der Waals surface area contributed by atoms with E-state index in [2.05, 4.69) is 15.3 Å². The van der Waals surface area contributed by atoms with Crippen molar-refractivity contribution in [1.29, 1.82) is 0 Å². The summed E-state index contributed by atoms with van der Waals surface area (Å²) in [6.07, 6.45) is 3.07. The number of amides is 1. The molecule has 1 heterocycles. The van der Waals surface area contributed by atoms with Gasteiger partial charge in [0.1, 0.15) is 0 Å². The van der Waals surface area contributed by atoms with Gasteiger partial charge in [0.05, 0.1) is 12.7 Å². The van der Waals surface area contributed by atoms with Crippen molar-refractivity contribution in [3.05, 3.63) is 48.1 Å². The molecular weight excluding hydrogens is 228 g/mol. The second kappa shape index (κ2) is 4.73. The quantitative estimate of drug-likeness (QED) is 0.856. The van der Waals surface area contributed by atoms with Crippen LogP contribution in [0, 0.1) is 11.6 Å². The fourth-order valence-corrected chi connectivity index (χ4v) is 1.33. The Balaban J connectivity index is 2.00. The molecule has 0 bridgehead atoms. The Kier molecular flexibility index (Phi) is 3.13. The Morgan fingerprint density at radius 2 is 2.18 bits per heavy atom. The topological polar surface area (TPSA) is 57.8 Å². The van der Waals surface area contributed by atoms with Gasteiger partial charge in [0.2, 0.25) is 5.91 Å². The van der Waals surface area contributed by atoms with Crippen LogP contribution in [0.25, 0.3) is 0 Å². The molecular formula is C11H9F2N3O. The van der Waals surface area contributed by atoms with Gasteiger partial charge in [-0.05, 0) is 12.1 Å². The number of nitrogens with zero attached hydrogens (tertiary/aromatic N) is 1. The number of aromatic amines is 1. The highest BCUT2D eigenvalue weighted by Crippen LogP contribution is 2.13. The van der Waals surface area contributed by atoms with E-state index in [-0.39, 0.29) is 18.0 Å². The lowest BCUT2D eigenvalue weighted by Gasteiger charge is -2.04. The van der Waals surface area contributed by atoms with E-state index < -0.39 is 11.6 Å². The van der Waals surface area contributed by atoms with E-state index in [0.717, 1.165) is 12.1 Å². The van der Waals surface area contributed by atoms with Crippen molar-refractivity contribution in [2.24, 2.45) is 0 Å². The number of halogens is 2. The molecule has 0 fully saturated rings. The van der Waals surface area contributed by atoms with E-state index in [0.29, 0.717) is 5.69 Å². The lowest BCUT2D eigenvalue weighted by molar-refractivity contribution is -0.115. The highest BCUT2D eigenvalue weighted by molar-refractivity contribution is 5.91. The SMILES string of the molecule is O=C(Cc1cnc[nH]1)Nc1ccc(F)c(F)c1. The number of carbonyl (C=O) groups is 1. The van der Waals surface area contributed by atoms with Gasteiger partial charge < -0.3 is 10.3 Å². The summed E-state index contributed by atoms with van der Waals surface area (Å²) in [5.41, 5.74) is 0.860. The van der Waals surface area contributed by atoms with Gasteiger partial charge in [0.15, 0.2) is 11.6 Å². The Labute approximate surface area is 95.7 Å². The zero-order valence-corrected chi connectivity index (χ0v) is 8.71. The molecule has 4 nitrogen and oxygen atoms in total. The van der Waals surface area contributed by atoms with Crippen LogP contribution in [0.3, 0.4) is 0 Å². The Morgan fingerprint density at radius 3 is 2.82 bits per heavy atom. The van der Waals surface area contributed by atoms with Crippen LogP contribution in [0.4, 0.5) is 14.5 Å². The lowest BCUT2D eigenvalue weighted by atomic mass is 10.2. The fourth-order valence-electron chi connectivity index (χ4n) is 1.33. The molecule has 1 aromatic carbocycles. The summed E-state index contributed by atoms with van der Waals surface area (Å²) in [6, 6.07) is 3.19. The van der Waals surface area contributed by atoms with Gasteiger partial charge in [0, 0.05) is 23.6 Å². The van der Waals surface area contributed by atoms with Gasteiger partial charge in [-0.2, -0.15) is 0 Å². The molecule has 0 saturated heterocycles. The van der Waals surface area contributed by atoms with Crippen molar-refractivity contribution in [1.82, 2.24) is 9.97 Å². The molecule has 0 saturated carbocycles. The van der Waals surface area contributed by atoms with Crippen molar-refractivity contribution >= 4 is 11.6 Å². The van der Waals surface area contributed by atoms with Gasteiger partial charge in [0.25, 0.3) is 0 Å². The molecule has 0 aliphatic rings. The standard InChI is InChI=1S/C11H9F2N3O/c12-9-2-1-7(3-10(9)13)16-11(17)4-8-5-14-6-15-8/h1-3,5-6H,4H2,(H,14,15)(H,16,17). The van der Waals surface area contributed by atoms with Gasteiger partial charge in [-0.1, -0.05) is 0 Å². The molecule has 0 aliphatic carbocycles. The van der Waals surface area contributed by atoms with Crippen LogP contribution >= 0.6 is 0 Å². The van der Waals surface area contributed by atoms with Crippen molar-refractivity contribution in [2.45, 2.75) is 6.42 Å². The molecule has 88 valence electrons. The number of carbonyl (C=O) groups excluding carboxylic acids is 1. The number of imidazole rings is 1. The normalized spacial score (nSPS) is 10.2. The summed E-state index contributed by atoms with van der Waals surface area (Å²) in [5.74, 6) is -2.28. The van der Waals surface area contributed by atoms with E-state index in [1.165, 1.54) is 18.6 Å². The van der Waals surface area contributed by atoms with E-state index in [9.17, 15) is 13.6 Å². The van der Waals surface area contributed by atoms with E-state index >= 15 is 0 Å². The number of aromatic nitrogens is 2. The number of anilines is 1. The molecule has 2 aromatic rings. The maximum atomic E-state index is 12.9. The third kappa shape index (κ3) is 2.87. The summed E-state index contributed by atoms with van der Waals surface area (Å²) in [7, 11) is 0. The minimum Gasteiger partial charge on any atom is -0.348 e. The fraction of sp³-hybridized carbons (Fsp3) is 0.0909. The van der Waals surface area contributed by atoms with Crippen molar-refractivity contribution in [3.63, 3.8) is 0 Å². The minimum atomic E-state index is -0.996. The zero-order valence-electron chi connectivity index (χ0n) is 8.71. The maximum Gasteiger partial charge on any atom is 0.230 e. The van der Waals surface area contributed by atoms with Crippen LogP contribution in [0.1, 0.15) is 5.69 Å². The molecule has 0 radical (unpaired) electrons. The van der Waals surface area contributed by atoms with E-state index in [1.54, 1.807) is 0 Å². The van der Waals surface area contributed by atoms with Gasteiger partial charge in [-0.3, -0.25) is 4.79 Å². The van der Waals surface area contributed by atoms with Crippen molar-refractivity contribution in [3.8, 4) is 0 Å². The zero-order chi connectivity index (χ0) is 12.3. The van der Waals surface area contributed by atoms with Crippen molar-refractivity contribution < 1.29 is 13.6 Å². The van der Waals surface area contributed by atoms with Crippen LogP contribution in [-0.2, 0) is 11.2 Å². The summed E-state index contributed by atoms with van der Waals surface area (Å²) < 4.78 is 25.5. The van der Waals surface area contributed by atoms with Gasteiger partial charge >= 0.3 is 0 Å². The first kappa shape index (κ1) is 11.3. The van der Waals surface area contributed by atoms with Gasteiger partial charge in [-0.15, -0.1) is 0 Å². The molecule has 0 spiro atoms. The molecule has 2 N–H and O–H groups in total. The molecule has 0 aliphatic heterocycles. The smallest absolute Gasteiger partial charge is 0.230 e. The first-order valence-corrected chi connectivity index (χ1v) is 4.87. The summed E-state index contributed by atoms with van der Waals surface area (Å²) in [6.45, 7) is 0. The second-order valence-electron chi connectivity index (χ2n) is 3.43. The largest absolute Gasteiger partial charge is 0.348 e. The van der Waals surface area contributed by atoms with Crippen molar-refractivity contribution in [2.75, 3.05) is 5.32 Å². The first-order valence-electron chi connectivity index (χ1n) is 4.87. The summed E-state index contributed by atoms with van der Waals surface area (Å²) in [4.78, 5) is 18.0. The number of benzene rings is 1. The predicted octanol–water partition coefficient (Wildman–Crippen LogP) is 1.87. The summed E-state index contributed by atoms with van der Waals surface area (Å²) in [5, 5.41) is 2.45. The summed E-state index contributed by atoms with van der Waals surface area (Å²) >= 11 is 0. The number of hydrogen-bond donors (Lipinski definition) is 2.